The van der Waals surface area contributed by atoms with Crippen LogP contribution in [0.2, 0.25) is 0 Å². The van der Waals surface area contributed by atoms with Crippen molar-refractivity contribution in [1.29, 1.82) is 0 Å². The number of thiophene rings is 1. The van der Waals surface area contributed by atoms with Crippen LogP contribution in [0.25, 0.3) is 21.1 Å². The summed E-state index contributed by atoms with van der Waals surface area (Å²) in [6.45, 7) is 12.1. The van der Waals surface area contributed by atoms with E-state index in [1.807, 2.05) is 36.4 Å². The maximum atomic E-state index is 13.7. The van der Waals surface area contributed by atoms with Gasteiger partial charge >= 0.3 is 11.4 Å². The second-order valence-corrected chi connectivity index (χ2v) is 21.2. The molecule has 71 heavy (non-hydrogen) atoms. The van der Waals surface area contributed by atoms with E-state index in [1.54, 1.807) is 21.4 Å². The van der Waals surface area contributed by atoms with Crippen LogP contribution in [0, 0.1) is 11.8 Å². The Morgan fingerprint density at radius 2 is 1.61 bits per heavy atom. The van der Waals surface area contributed by atoms with E-state index in [9.17, 15) is 37.5 Å². The molecular weight excluding hydrogens is 956 g/mol. The van der Waals surface area contributed by atoms with Gasteiger partial charge in [-0.3, -0.25) is 38.4 Å². The first kappa shape index (κ1) is 54.9. The number of hydrogen-bond donors (Lipinski definition) is 4. The van der Waals surface area contributed by atoms with Gasteiger partial charge in [-0.15, -0.1) is 11.3 Å². The molecule has 9 rings (SSSR count). The number of imidazole rings is 1. The second-order valence-electron chi connectivity index (χ2n) is 19.0. The largest absolute Gasteiger partial charge is 0.370 e. The average molecular weight is 1020 g/mol. The van der Waals surface area contributed by atoms with E-state index in [2.05, 4.69) is 55.5 Å². The van der Waals surface area contributed by atoms with E-state index in [-0.39, 0.29) is 36.6 Å². The molecule has 16 nitrogen and oxygen atoms in total. The number of nitrogens with one attached hydrogen (secondary N) is 2. The third kappa shape index (κ3) is 14.6. The lowest BCUT2D eigenvalue weighted by Crippen LogP contribution is -2.44. The number of carbonyl (C=O) groups is 5. The van der Waals surface area contributed by atoms with E-state index in [4.69, 9.17) is 14.5 Å². The molecule has 0 spiro atoms. The number of benzene rings is 3. The maximum Gasteiger partial charge on any atom is 0.339 e. The van der Waals surface area contributed by atoms with Crippen molar-refractivity contribution in [2.24, 2.45) is 18.9 Å². The zero-order chi connectivity index (χ0) is 51.4. The molecule has 384 valence electrons. The van der Waals surface area contributed by atoms with Crippen molar-refractivity contribution in [3.05, 3.63) is 105 Å². The van der Waals surface area contributed by atoms with Crippen molar-refractivity contribution < 1.29 is 47.3 Å². The Bertz CT molecular complexity index is 2680. The molecule has 4 saturated heterocycles. The third-order valence-electron chi connectivity index (χ3n) is 12.7. The first-order valence-electron chi connectivity index (χ1n) is 24.1. The zero-order valence-corrected chi connectivity index (χ0v) is 42.7. The number of fused-ring (bicyclic) bond motifs is 2. The molecule has 3 aromatic carbocycles. The normalized spacial score (nSPS) is 18.9. The lowest BCUT2D eigenvalue weighted by atomic mass is 9.90. The quantitative estimate of drug-likeness (QED) is 0.0666. The van der Waals surface area contributed by atoms with Crippen molar-refractivity contribution in [3.63, 3.8) is 0 Å². The molecule has 4 aliphatic heterocycles. The number of piperidine rings is 2. The van der Waals surface area contributed by atoms with Crippen molar-refractivity contribution in [3.8, 4) is 0 Å². The van der Waals surface area contributed by atoms with Crippen molar-refractivity contribution in [1.82, 2.24) is 34.5 Å². The summed E-state index contributed by atoms with van der Waals surface area (Å²) in [5.74, 6) is 0.255. The first-order chi connectivity index (χ1) is 33.9. The van der Waals surface area contributed by atoms with Crippen LogP contribution in [0.1, 0.15) is 97.8 Å². The predicted octanol–water partition coefficient (Wildman–Crippen LogP) is 6.68. The zero-order valence-electron chi connectivity index (χ0n) is 41.0. The molecular formula is C51H66F2N7O9PS. The van der Waals surface area contributed by atoms with Gasteiger partial charge in [-0.25, -0.2) is 4.79 Å². The number of ether oxygens (including phenoxy) is 1. The highest BCUT2D eigenvalue weighted by atomic mass is 32.1. The molecule has 0 radical (unpaired) electrons. The van der Waals surface area contributed by atoms with Gasteiger partial charge in [0.05, 0.1) is 35.6 Å². The first-order valence-corrected chi connectivity index (χ1v) is 26.2. The van der Waals surface area contributed by atoms with Crippen LogP contribution in [0.4, 0.5) is 8.78 Å². The standard InChI is InChI=1S/C20H26N4O3.C16H17F2N2O4PS.C11H13NO2.C4H10/c1-22-9-7-13(8-10-22)11-14-3-4-15-17(12-14)23(2)20(27)24(15)16-5-6-18(25)21-19(16)26;17-16(18,25(23)24)11-3-4-12-10(7-11)8-13(26-12)15(22)19-9-14(21)20-5-1-2-6-20;13-9-12-6-7-14-11(8-12)10-4-2-1-3-5-10;1-4(2)3/h3-4,12-13,16H,5-11H2,1-2H3,(H,21,25,26);3-4,7-8,23-24H,1-2,5-6,9H2,(H,19,22);1-5,9,11H,6-8H2;4H,1-3H3. The van der Waals surface area contributed by atoms with E-state index in [1.165, 1.54) is 35.1 Å². The van der Waals surface area contributed by atoms with Crippen molar-refractivity contribution in [2.45, 2.75) is 83.5 Å². The number of aromatic nitrogens is 2. The van der Waals surface area contributed by atoms with E-state index < -0.39 is 37.5 Å². The minimum absolute atomic E-state index is 0.0372. The smallest absolute Gasteiger partial charge is 0.339 e. The van der Waals surface area contributed by atoms with Crippen LogP contribution in [-0.2, 0) is 43.0 Å². The summed E-state index contributed by atoms with van der Waals surface area (Å²) in [6.07, 6.45) is 6.89. The van der Waals surface area contributed by atoms with Gasteiger partial charge in [-0.1, -0.05) is 63.2 Å². The number of halogens is 2. The van der Waals surface area contributed by atoms with E-state index in [0.717, 1.165) is 84.7 Å². The number of likely N-dealkylation sites (tertiary alicyclic amines) is 2. The Kier molecular flexibility index (Phi) is 19.6. The minimum Gasteiger partial charge on any atom is -0.370 e. The highest BCUT2D eigenvalue weighted by Crippen LogP contribution is 2.53. The topological polar surface area (TPSA) is 196 Å². The molecule has 4 aliphatic rings. The van der Waals surface area contributed by atoms with Crippen LogP contribution in [0.5, 0.6) is 0 Å². The van der Waals surface area contributed by atoms with Gasteiger partial charge in [0.1, 0.15) is 12.1 Å². The van der Waals surface area contributed by atoms with Crippen LogP contribution >= 0.6 is 19.7 Å². The van der Waals surface area contributed by atoms with Gasteiger partial charge in [-0.05, 0) is 117 Å². The summed E-state index contributed by atoms with van der Waals surface area (Å²) in [7, 11) is 0.455. The van der Waals surface area contributed by atoms with Crippen molar-refractivity contribution >= 4 is 70.9 Å². The molecule has 4 N–H and O–H groups in total. The number of alkyl halides is 2. The van der Waals surface area contributed by atoms with Crippen molar-refractivity contribution in [2.75, 3.05) is 59.5 Å². The third-order valence-corrected chi connectivity index (χ3v) is 14.5. The Balaban J connectivity index is 0.000000175. The molecule has 0 bridgehead atoms. The SMILES string of the molecule is CC(C)C.CN1CCC(Cc2ccc3c(c2)n(C)c(=O)n3C2CCC(=O)NC2=O)CC1.O=C(NCC(=O)N1CCCC1)c1cc2cc(C(F)(F)P(O)O)ccc2s1.O=CN1CCOC(c2ccccc2)C1. The fourth-order valence-corrected chi connectivity index (χ4v) is 10.1. The Hall–Kier alpha value is -5.43. The van der Waals surface area contributed by atoms with Gasteiger partial charge in [0.25, 0.3) is 5.91 Å². The Morgan fingerprint density at radius 1 is 0.915 bits per heavy atom. The molecule has 6 heterocycles. The summed E-state index contributed by atoms with van der Waals surface area (Å²) >= 11 is 1.12. The van der Waals surface area contributed by atoms with Gasteiger partial charge < -0.3 is 34.5 Å². The number of imide groups is 1. The number of rotatable bonds is 10. The molecule has 0 aliphatic carbocycles. The number of amides is 5. The number of nitrogens with zero attached hydrogens (tertiary/aromatic N) is 5. The number of hydrogen-bond acceptors (Lipinski definition) is 11. The Labute approximate surface area is 417 Å². The summed E-state index contributed by atoms with van der Waals surface area (Å²) in [5.41, 5.74) is -0.506. The minimum atomic E-state index is -3.74. The number of morpholine rings is 1. The summed E-state index contributed by atoms with van der Waals surface area (Å²) in [4.78, 5) is 95.2. The van der Waals surface area contributed by atoms with Gasteiger partial charge in [-0.2, -0.15) is 8.78 Å². The van der Waals surface area contributed by atoms with Gasteiger partial charge in [0.15, 0.2) is 0 Å². The van der Waals surface area contributed by atoms with Crippen LogP contribution in [-0.4, -0.2) is 123 Å². The fraction of sp³-hybridized carbons (Fsp3) is 0.490. The highest BCUT2D eigenvalue weighted by Gasteiger charge is 2.41. The molecule has 5 aromatic rings. The summed E-state index contributed by atoms with van der Waals surface area (Å²) in [5, 5.41) is 5.31. The lowest BCUT2D eigenvalue weighted by molar-refractivity contribution is -0.136. The lowest BCUT2D eigenvalue weighted by Gasteiger charge is -2.30. The molecule has 2 atom stereocenters. The number of carbonyl (C=O) groups excluding carboxylic acids is 5. The van der Waals surface area contributed by atoms with E-state index in [0.29, 0.717) is 60.1 Å². The van der Waals surface area contributed by atoms with Crippen LogP contribution in [0.3, 0.4) is 0 Å². The van der Waals surface area contributed by atoms with Gasteiger partial charge in [0.2, 0.25) is 32.5 Å². The Morgan fingerprint density at radius 3 is 2.25 bits per heavy atom. The summed E-state index contributed by atoms with van der Waals surface area (Å²) < 4.78 is 36.8. The molecule has 2 unspecified atom stereocenters. The molecule has 2 aromatic heterocycles. The molecule has 4 fully saturated rings. The maximum absolute atomic E-state index is 13.7. The van der Waals surface area contributed by atoms with Gasteiger partial charge in [0, 0.05) is 43.4 Å². The molecule has 20 heteroatoms. The number of aryl methyl sites for hydroxylation is 1. The fourth-order valence-electron chi connectivity index (χ4n) is 8.78. The average Bonchev–Trinajstić information content (AvgIpc) is 4.11. The summed E-state index contributed by atoms with van der Waals surface area (Å²) in [6, 6.07) is 20.6. The monoisotopic (exact) mass is 1020 g/mol. The second kappa shape index (κ2) is 25.3. The van der Waals surface area contributed by atoms with E-state index >= 15 is 0 Å². The molecule has 5 amide bonds. The highest BCUT2D eigenvalue weighted by molar-refractivity contribution is 7.46. The van der Waals surface area contributed by atoms with Crippen LogP contribution < -0.4 is 16.3 Å². The van der Waals surface area contributed by atoms with Crippen LogP contribution in [0.15, 0.2) is 77.6 Å². The molecule has 0 saturated carbocycles. The predicted molar refractivity (Wildman–Crippen MR) is 271 cm³/mol.